The van der Waals surface area contributed by atoms with Gasteiger partial charge < -0.3 is 0 Å². The van der Waals surface area contributed by atoms with E-state index in [-0.39, 0.29) is 0 Å². The lowest BCUT2D eigenvalue weighted by Crippen LogP contribution is -1.93. The zero-order chi connectivity index (χ0) is 10.7. The number of pyridine rings is 2. The SMILES string of the molecule is CCc1cccnc1-c1ccc(C)cn1. The van der Waals surface area contributed by atoms with Crippen LogP contribution >= 0.6 is 0 Å². The predicted molar refractivity (Wildman–Crippen MR) is 61.6 cm³/mol. The molecule has 0 aliphatic heterocycles. The van der Waals surface area contributed by atoms with Crippen LogP contribution in [0, 0.1) is 6.92 Å². The molecule has 2 nitrogen and oxygen atoms in total. The maximum absolute atomic E-state index is 4.39. The zero-order valence-corrected chi connectivity index (χ0v) is 9.07. The minimum atomic E-state index is 0.957. The Morgan fingerprint density at radius 2 is 2.00 bits per heavy atom. The van der Waals surface area contributed by atoms with Crippen LogP contribution in [0.25, 0.3) is 11.4 Å². The molecule has 0 fully saturated rings. The molecular weight excluding hydrogens is 184 g/mol. The van der Waals surface area contributed by atoms with Crippen LogP contribution in [0.15, 0.2) is 36.7 Å². The third kappa shape index (κ3) is 2.04. The Morgan fingerprint density at radius 1 is 1.13 bits per heavy atom. The third-order valence-electron chi connectivity index (χ3n) is 2.43. The van der Waals surface area contributed by atoms with Gasteiger partial charge in [0, 0.05) is 12.4 Å². The Hall–Kier alpha value is -1.70. The number of aryl methyl sites for hydroxylation is 2. The summed E-state index contributed by atoms with van der Waals surface area (Å²) < 4.78 is 0. The molecule has 0 saturated carbocycles. The molecule has 15 heavy (non-hydrogen) atoms. The van der Waals surface area contributed by atoms with Crippen LogP contribution in [0.5, 0.6) is 0 Å². The smallest absolute Gasteiger partial charge is 0.0917 e. The lowest BCUT2D eigenvalue weighted by atomic mass is 10.1. The lowest BCUT2D eigenvalue weighted by molar-refractivity contribution is 1.09. The molecule has 2 heteroatoms. The first-order valence-electron chi connectivity index (χ1n) is 5.18. The van der Waals surface area contributed by atoms with E-state index in [0.717, 1.165) is 17.8 Å². The van der Waals surface area contributed by atoms with Gasteiger partial charge in [0.05, 0.1) is 11.4 Å². The fourth-order valence-corrected chi connectivity index (χ4v) is 1.56. The van der Waals surface area contributed by atoms with Crippen molar-refractivity contribution in [1.29, 1.82) is 0 Å². The van der Waals surface area contributed by atoms with Crippen molar-refractivity contribution < 1.29 is 0 Å². The standard InChI is InChI=1S/C13H14N2/c1-3-11-5-4-8-14-13(11)12-7-6-10(2)9-15-12/h4-9H,3H2,1-2H3. The number of nitrogens with zero attached hydrogens (tertiary/aromatic N) is 2. The second kappa shape index (κ2) is 4.22. The molecule has 0 amide bonds. The van der Waals surface area contributed by atoms with Crippen molar-refractivity contribution >= 4 is 0 Å². The lowest BCUT2D eigenvalue weighted by Gasteiger charge is -2.05. The molecule has 0 unspecified atom stereocenters. The van der Waals surface area contributed by atoms with Gasteiger partial charge in [-0.25, -0.2) is 0 Å². The molecule has 0 N–H and O–H groups in total. The Labute approximate surface area is 90.0 Å². The van der Waals surface area contributed by atoms with Gasteiger partial charge in [0.2, 0.25) is 0 Å². The van der Waals surface area contributed by atoms with E-state index in [2.05, 4.69) is 29.0 Å². The highest BCUT2D eigenvalue weighted by Crippen LogP contribution is 2.19. The van der Waals surface area contributed by atoms with E-state index in [1.807, 2.05) is 31.5 Å². The maximum atomic E-state index is 4.39. The zero-order valence-electron chi connectivity index (χ0n) is 9.07. The van der Waals surface area contributed by atoms with Crippen LogP contribution in [0.2, 0.25) is 0 Å². The Morgan fingerprint density at radius 3 is 2.67 bits per heavy atom. The van der Waals surface area contributed by atoms with Gasteiger partial charge in [-0.2, -0.15) is 0 Å². The summed E-state index contributed by atoms with van der Waals surface area (Å²) in [6.45, 7) is 4.17. The summed E-state index contributed by atoms with van der Waals surface area (Å²) in [5.74, 6) is 0. The second-order valence-corrected chi connectivity index (χ2v) is 3.59. The third-order valence-corrected chi connectivity index (χ3v) is 2.43. The van der Waals surface area contributed by atoms with Gasteiger partial charge in [-0.05, 0) is 36.6 Å². The van der Waals surface area contributed by atoms with Crippen LogP contribution in [0.4, 0.5) is 0 Å². The summed E-state index contributed by atoms with van der Waals surface area (Å²) in [5, 5.41) is 0. The second-order valence-electron chi connectivity index (χ2n) is 3.59. The predicted octanol–water partition coefficient (Wildman–Crippen LogP) is 3.01. The fourth-order valence-electron chi connectivity index (χ4n) is 1.56. The molecule has 2 rings (SSSR count). The Kier molecular flexibility index (Phi) is 2.77. The van der Waals surface area contributed by atoms with E-state index in [1.165, 1.54) is 11.1 Å². The summed E-state index contributed by atoms with van der Waals surface area (Å²) in [4.78, 5) is 8.78. The van der Waals surface area contributed by atoms with Crippen molar-refractivity contribution in [3.05, 3.63) is 47.8 Å². The van der Waals surface area contributed by atoms with E-state index in [4.69, 9.17) is 0 Å². The van der Waals surface area contributed by atoms with Crippen molar-refractivity contribution in [3.63, 3.8) is 0 Å². The molecule has 0 aromatic carbocycles. The number of aromatic nitrogens is 2. The molecule has 2 aromatic heterocycles. The molecule has 2 heterocycles. The van der Waals surface area contributed by atoms with Gasteiger partial charge >= 0.3 is 0 Å². The van der Waals surface area contributed by atoms with E-state index >= 15 is 0 Å². The number of hydrogen-bond donors (Lipinski definition) is 0. The van der Waals surface area contributed by atoms with Gasteiger partial charge in [0.15, 0.2) is 0 Å². The quantitative estimate of drug-likeness (QED) is 0.741. The molecule has 0 saturated heterocycles. The van der Waals surface area contributed by atoms with E-state index in [1.54, 1.807) is 0 Å². The van der Waals surface area contributed by atoms with Gasteiger partial charge in [-0.3, -0.25) is 9.97 Å². The highest BCUT2D eigenvalue weighted by Gasteiger charge is 2.04. The minimum Gasteiger partial charge on any atom is -0.254 e. The molecule has 0 aliphatic carbocycles. The van der Waals surface area contributed by atoms with E-state index in [0.29, 0.717) is 0 Å². The minimum absolute atomic E-state index is 0.957. The summed E-state index contributed by atoms with van der Waals surface area (Å²) in [5.41, 5.74) is 4.37. The summed E-state index contributed by atoms with van der Waals surface area (Å²) >= 11 is 0. The monoisotopic (exact) mass is 198 g/mol. The van der Waals surface area contributed by atoms with Crippen molar-refractivity contribution in [3.8, 4) is 11.4 Å². The summed E-state index contributed by atoms with van der Waals surface area (Å²) in [7, 11) is 0. The van der Waals surface area contributed by atoms with Gasteiger partial charge in [0.25, 0.3) is 0 Å². The van der Waals surface area contributed by atoms with Crippen LogP contribution in [0.1, 0.15) is 18.1 Å². The summed E-state index contributed by atoms with van der Waals surface area (Å²) in [6.07, 6.45) is 4.68. The normalized spacial score (nSPS) is 10.3. The van der Waals surface area contributed by atoms with Crippen LogP contribution in [-0.2, 0) is 6.42 Å². The number of hydrogen-bond acceptors (Lipinski definition) is 2. The number of rotatable bonds is 2. The van der Waals surface area contributed by atoms with Crippen molar-refractivity contribution in [2.24, 2.45) is 0 Å². The fraction of sp³-hybridized carbons (Fsp3) is 0.231. The molecule has 0 aliphatic rings. The first-order chi connectivity index (χ1) is 7.31. The van der Waals surface area contributed by atoms with E-state index in [9.17, 15) is 0 Å². The highest BCUT2D eigenvalue weighted by atomic mass is 14.8. The first kappa shape index (κ1) is 9.84. The van der Waals surface area contributed by atoms with Gasteiger partial charge in [-0.1, -0.05) is 19.1 Å². The average Bonchev–Trinajstić information content (AvgIpc) is 2.30. The maximum Gasteiger partial charge on any atom is 0.0917 e. The molecule has 0 atom stereocenters. The van der Waals surface area contributed by atoms with Crippen LogP contribution in [-0.4, -0.2) is 9.97 Å². The molecule has 76 valence electrons. The summed E-state index contributed by atoms with van der Waals surface area (Å²) in [6, 6.07) is 8.16. The largest absolute Gasteiger partial charge is 0.254 e. The topological polar surface area (TPSA) is 25.8 Å². The van der Waals surface area contributed by atoms with Crippen molar-refractivity contribution in [2.75, 3.05) is 0 Å². The van der Waals surface area contributed by atoms with Gasteiger partial charge in [0.1, 0.15) is 0 Å². The van der Waals surface area contributed by atoms with Crippen molar-refractivity contribution in [1.82, 2.24) is 9.97 Å². The van der Waals surface area contributed by atoms with Gasteiger partial charge in [-0.15, -0.1) is 0 Å². The highest BCUT2D eigenvalue weighted by molar-refractivity contribution is 5.58. The Bertz CT molecular complexity index is 446. The molecule has 0 bridgehead atoms. The molecular formula is C13H14N2. The average molecular weight is 198 g/mol. The molecule has 0 spiro atoms. The van der Waals surface area contributed by atoms with Crippen LogP contribution < -0.4 is 0 Å². The molecule has 0 radical (unpaired) electrons. The molecule has 2 aromatic rings. The van der Waals surface area contributed by atoms with E-state index < -0.39 is 0 Å². The van der Waals surface area contributed by atoms with Crippen molar-refractivity contribution in [2.45, 2.75) is 20.3 Å². The Balaban J connectivity index is 2.49. The first-order valence-corrected chi connectivity index (χ1v) is 5.18. The van der Waals surface area contributed by atoms with Crippen LogP contribution in [0.3, 0.4) is 0 Å².